The molecule has 0 bridgehead atoms. The van der Waals surface area contributed by atoms with E-state index in [0.29, 0.717) is 0 Å². The van der Waals surface area contributed by atoms with Crippen LogP contribution in [0.2, 0.25) is 25.7 Å². The Bertz CT molecular complexity index is 337. The van der Waals surface area contributed by atoms with Gasteiger partial charge >= 0.3 is 0 Å². The molecule has 2 heteroatoms. The molecule has 0 amide bonds. The zero-order valence-electron chi connectivity index (χ0n) is 10.1. The Morgan fingerprint density at radius 3 is 2.47 bits per heavy atom. The largest absolute Gasteiger partial charge is 0.496 e. The van der Waals surface area contributed by atoms with Crippen molar-refractivity contribution in [2.45, 2.75) is 25.7 Å². The van der Waals surface area contributed by atoms with Crippen LogP contribution in [-0.4, -0.2) is 15.2 Å². The molecule has 0 radical (unpaired) electrons. The predicted molar refractivity (Wildman–Crippen MR) is 70.2 cm³/mol. The third-order valence-corrected chi connectivity index (χ3v) is 3.63. The molecule has 1 nitrogen and oxygen atoms in total. The van der Waals surface area contributed by atoms with Crippen LogP contribution < -0.4 is 4.74 Å². The number of ether oxygens (including phenoxy) is 1. The van der Waals surface area contributed by atoms with Gasteiger partial charge in [0.05, 0.1) is 7.11 Å². The molecule has 1 aromatic rings. The lowest BCUT2D eigenvalue weighted by molar-refractivity contribution is 0.414. The second-order valence-corrected chi connectivity index (χ2v) is 10.4. The van der Waals surface area contributed by atoms with Gasteiger partial charge in [-0.25, -0.2) is 0 Å². The molecule has 0 aromatic heterocycles. The highest BCUT2D eigenvalue weighted by atomic mass is 28.3. The first-order chi connectivity index (χ1) is 7.03. The predicted octanol–water partition coefficient (Wildman–Crippen LogP) is 4.05. The quantitative estimate of drug-likeness (QED) is 0.696. The van der Waals surface area contributed by atoms with Gasteiger partial charge in [-0.3, -0.25) is 0 Å². The monoisotopic (exact) mass is 220 g/mol. The second kappa shape index (κ2) is 5.17. The minimum absolute atomic E-state index is 0.948. The van der Waals surface area contributed by atoms with E-state index in [1.807, 2.05) is 18.2 Å². The van der Waals surface area contributed by atoms with Crippen LogP contribution >= 0.6 is 0 Å². The minimum Gasteiger partial charge on any atom is -0.496 e. The van der Waals surface area contributed by atoms with Crippen LogP contribution in [0.15, 0.2) is 30.3 Å². The first kappa shape index (κ1) is 12.0. The van der Waals surface area contributed by atoms with Crippen LogP contribution in [0.5, 0.6) is 5.75 Å². The van der Waals surface area contributed by atoms with Crippen LogP contribution in [0, 0.1) is 0 Å². The van der Waals surface area contributed by atoms with E-state index in [1.54, 1.807) is 7.11 Å². The summed E-state index contributed by atoms with van der Waals surface area (Å²) in [6.07, 6.45) is 4.43. The number of hydrogen-bond acceptors (Lipinski definition) is 1. The summed E-state index contributed by atoms with van der Waals surface area (Å²) in [7, 11) is 0.747. The average molecular weight is 220 g/mol. The van der Waals surface area contributed by atoms with Crippen LogP contribution in [0.1, 0.15) is 5.56 Å². The van der Waals surface area contributed by atoms with E-state index in [2.05, 4.69) is 37.9 Å². The van der Waals surface area contributed by atoms with E-state index in [1.165, 1.54) is 11.6 Å². The van der Waals surface area contributed by atoms with Crippen molar-refractivity contribution < 1.29 is 4.74 Å². The number of para-hydroxylation sites is 1. The van der Waals surface area contributed by atoms with E-state index < -0.39 is 8.07 Å². The van der Waals surface area contributed by atoms with Gasteiger partial charge in [-0.2, -0.15) is 0 Å². The lowest BCUT2D eigenvalue weighted by Gasteiger charge is -2.11. The smallest absolute Gasteiger partial charge is 0.126 e. The molecule has 15 heavy (non-hydrogen) atoms. The van der Waals surface area contributed by atoms with Crippen LogP contribution in [-0.2, 0) is 0 Å². The third-order valence-electron chi connectivity index (χ3n) is 2.17. The molecule has 82 valence electrons. The van der Waals surface area contributed by atoms with Crippen molar-refractivity contribution in [2.24, 2.45) is 0 Å². The summed E-state index contributed by atoms with van der Waals surface area (Å²) in [4.78, 5) is 0. The highest BCUT2D eigenvalue weighted by Gasteiger charge is 2.09. The number of rotatable bonds is 4. The summed E-state index contributed by atoms with van der Waals surface area (Å²) < 4.78 is 5.29. The molecule has 0 saturated carbocycles. The molecule has 1 aromatic carbocycles. The highest BCUT2D eigenvalue weighted by Crippen LogP contribution is 2.20. The molecule has 0 fully saturated rings. The molecule has 0 aliphatic rings. The summed E-state index contributed by atoms with van der Waals surface area (Å²) in [5, 5.41) is 0. The summed E-state index contributed by atoms with van der Waals surface area (Å²) in [5.41, 5.74) is 1.17. The SMILES string of the molecule is COc1ccccc1/C=C/C[Si](C)(C)C. The summed E-state index contributed by atoms with van der Waals surface area (Å²) >= 11 is 0. The molecule has 0 heterocycles. The maximum Gasteiger partial charge on any atom is 0.126 e. The van der Waals surface area contributed by atoms with Gasteiger partial charge in [0, 0.05) is 13.6 Å². The van der Waals surface area contributed by atoms with Crippen LogP contribution in [0.4, 0.5) is 0 Å². The maximum absolute atomic E-state index is 5.29. The van der Waals surface area contributed by atoms with E-state index in [4.69, 9.17) is 4.74 Å². The average Bonchev–Trinajstić information content (AvgIpc) is 2.16. The van der Waals surface area contributed by atoms with E-state index in [-0.39, 0.29) is 0 Å². The Hall–Kier alpha value is -1.02. The molecule has 0 atom stereocenters. The van der Waals surface area contributed by atoms with Crippen molar-refractivity contribution >= 4 is 14.1 Å². The van der Waals surface area contributed by atoms with Gasteiger partial charge in [0.25, 0.3) is 0 Å². The number of allylic oxidation sites excluding steroid dienone is 1. The fourth-order valence-corrected chi connectivity index (χ4v) is 2.17. The lowest BCUT2D eigenvalue weighted by atomic mass is 10.2. The third kappa shape index (κ3) is 4.34. The Labute approximate surface area is 93.8 Å². The lowest BCUT2D eigenvalue weighted by Crippen LogP contribution is -2.17. The summed E-state index contributed by atoms with van der Waals surface area (Å²) in [6.45, 7) is 7.12. The van der Waals surface area contributed by atoms with Crippen LogP contribution in [0.25, 0.3) is 6.08 Å². The van der Waals surface area contributed by atoms with Crippen molar-refractivity contribution in [1.29, 1.82) is 0 Å². The molecule has 0 N–H and O–H groups in total. The van der Waals surface area contributed by atoms with Gasteiger partial charge in [0.2, 0.25) is 0 Å². The molecule has 0 unspecified atom stereocenters. The Morgan fingerprint density at radius 1 is 1.20 bits per heavy atom. The van der Waals surface area contributed by atoms with Gasteiger partial charge in [-0.15, -0.1) is 0 Å². The number of benzene rings is 1. The van der Waals surface area contributed by atoms with Crippen LogP contribution in [0.3, 0.4) is 0 Å². The molecule has 0 spiro atoms. The van der Waals surface area contributed by atoms with Crippen molar-refractivity contribution in [1.82, 2.24) is 0 Å². The van der Waals surface area contributed by atoms with Crippen molar-refractivity contribution in [3.05, 3.63) is 35.9 Å². The standard InChI is InChI=1S/C13H20OSi/c1-14-13-10-6-5-8-12(13)9-7-11-15(2,3)4/h5-10H,11H2,1-4H3/b9-7+. The van der Waals surface area contributed by atoms with E-state index in [0.717, 1.165) is 5.75 Å². The fraction of sp³-hybridized carbons (Fsp3) is 0.385. The Kier molecular flexibility index (Phi) is 4.15. The van der Waals surface area contributed by atoms with E-state index >= 15 is 0 Å². The zero-order valence-corrected chi connectivity index (χ0v) is 11.1. The topological polar surface area (TPSA) is 9.23 Å². The van der Waals surface area contributed by atoms with Gasteiger partial charge in [0.15, 0.2) is 0 Å². The molecule has 0 saturated heterocycles. The van der Waals surface area contributed by atoms with Crippen molar-refractivity contribution in [2.75, 3.05) is 7.11 Å². The molecular weight excluding hydrogens is 200 g/mol. The fourth-order valence-electron chi connectivity index (χ4n) is 1.34. The van der Waals surface area contributed by atoms with E-state index in [9.17, 15) is 0 Å². The van der Waals surface area contributed by atoms with Gasteiger partial charge < -0.3 is 4.74 Å². The normalized spacial score (nSPS) is 12.0. The van der Waals surface area contributed by atoms with Crippen molar-refractivity contribution in [3.63, 3.8) is 0 Å². The van der Waals surface area contributed by atoms with Gasteiger partial charge in [-0.1, -0.05) is 50.0 Å². The first-order valence-electron chi connectivity index (χ1n) is 5.32. The molecule has 1 rings (SSSR count). The number of hydrogen-bond donors (Lipinski definition) is 0. The second-order valence-electron chi connectivity index (χ2n) is 4.91. The minimum atomic E-state index is -0.966. The maximum atomic E-state index is 5.29. The Balaban J connectivity index is 2.72. The zero-order chi connectivity index (χ0) is 11.3. The molecule has 0 aliphatic carbocycles. The van der Waals surface area contributed by atoms with Gasteiger partial charge in [0.1, 0.15) is 5.75 Å². The highest BCUT2D eigenvalue weighted by molar-refractivity contribution is 6.76. The number of methoxy groups -OCH3 is 1. The van der Waals surface area contributed by atoms with Crippen molar-refractivity contribution in [3.8, 4) is 5.75 Å². The molecular formula is C13H20OSi. The summed E-state index contributed by atoms with van der Waals surface area (Å²) in [6, 6.07) is 9.32. The molecule has 0 aliphatic heterocycles. The van der Waals surface area contributed by atoms with Gasteiger partial charge in [-0.05, 0) is 12.1 Å². The Morgan fingerprint density at radius 2 is 1.87 bits per heavy atom. The first-order valence-corrected chi connectivity index (χ1v) is 9.03. The summed E-state index contributed by atoms with van der Waals surface area (Å²) in [5.74, 6) is 0.948.